The van der Waals surface area contributed by atoms with Gasteiger partial charge in [-0.25, -0.2) is 9.97 Å². The van der Waals surface area contributed by atoms with Crippen LogP contribution in [0.5, 0.6) is 0 Å². The third kappa shape index (κ3) is 2.62. The van der Waals surface area contributed by atoms with E-state index in [0.29, 0.717) is 17.8 Å². The van der Waals surface area contributed by atoms with Gasteiger partial charge in [-0.1, -0.05) is 13.0 Å². The molecule has 1 aromatic heterocycles. The second-order valence-corrected chi connectivity index (χ2v) is 7.87. The number of halogens is 3. The Hall–Kier alpha value is -2.48. The van der Waals surface area contributed by atoms with Crippen LogP contribution >= 0.6 is 0 Å². The highest BCUT2D eigenvalue weighted by Crippen LogP contribution is 2.68. The summed E-state index contributed by atoms with van der Waals surface area (Å²) < 4.78 is 45.0. The summed E-state index contributed by atoms with van der Waals surface area (Å²) in [5.74, 6) is 0.261. The Balaban J connectivity index is 1.43. The third-order valence-electron chi connectivity index (χ3n) is 6.41. The first-order valence-corrected chi connectivity index (χ1v) is 9.25. The van der Waals surface area contributed by atoms with E-state index in [-0.39, 0.29) is 29.7 Å². The summed E-state index contributed by atoms with van der Waals surface area (Å²) in [6.07, 6.45) is 0.0476. The van der Waals surface area contributed by atoms with Crippen molar-refractivity contribution >= 4 is 11.6 Å². The van der Waals surface area contributed by atoms with Gasteiger partial charge in [-0.05, 0) is 41.5 Å². The van der Waals surface area contributed by atoms with Crippen LogP contribution in [0.25, 0.3) is 0 Å². The maximum absolute atomic E-state index is 13.1. The number of nitrogens with zero attached hydrogens (tertiary/aromatic N) is 2. The molecular formula is C20H18F3N3O2. The molecule has 3 unspecified atom stereocenters. The second-order valence-electron chi connectivity index (χ2n) is 7.87. The highest BCUT2D eigenvalue weighted by Gasteiger charge is 2.72. The predicted octanol–water partition coefficient (Wildman–Crippen LogP) is 3.50. The summed E-state index contributed by atoms with van der Waals surface area (Å²) in [7, 11) is 0. The van der Waals surface area contributed by atoms with Crippen molar-refractivity contribution in [3.63, 3.8) is 0 Å². The Morgan fingerprint density at radius 2 is 1.86 bits per heavy atom. The highest BCUT2D eigenvalue weighted by molar-refractivity contribution is 5.94. The van der Waals surface area contributed by atoms with E-state index in [1.54, 1.807) is 12.4 Å². The number of fused-ring (bicyclic) bond motifs is 5. The molecule has 2 aliphatic heterocycles. The molecule has 1 aromatic carbocycles. The standard InChI is InChI=1S/C20H18F3N3O2/c1-9-13-14(9)18-16(15(17(13)28-18)10-6-24-8-25-7-10)19(27)26-12-4-2-3-11(5-12)20(21,22)23/h2-9,13-18H,1H3,(H,26,27)/t9?,13?,14?,15-,16+,17+,18-/m1/s1. The van der Waals surface area contributed by atoms with E-state index in [1.165, 1.54) is 18.5 Å². The number of alkyl halides is 3. The van der Waals surface area contributed by atoms with Gasteiger partial charge >= 0.3 is 6.18 Å². The van der Waals surface area contributed by atoms with Crippen molar-refractivity contribution in [2.24, 2.45) is 23.7 Å². The lowest BCUT2D eigenvalue weighted by Crippen LogP contribution is -2.37. The quantitative estimate of drug-likeness (QED) is 0.873. The molecule has 2 saturated heterocycles. The van der Waals surface area contributed by atoms with E-state index in [4.69, 9.17) is 4.74 Å². The maximum atomic E-state index is 13.1. The smallest absolute Gasteiger partial charge is 0.373 e. The van der Waals surface area contributed by atoms with Crippen LogP contribution in [-0.2, 0) is 15.7 Å². The van der Waals surface area contributed by atoms with Crippen LogP contribution in [0, 0.1) is 23.7 Å². The van der Waals surface area contributed by atoms with Gasteiger partial charge < -0.3 is 10.1 Å². The minimum Gasteiger partial charge on any atom is -0.373 e. The zero-order chi connectivity index (χ0) is 19.6. The van der Waals surface area contributed by atoms with Crippen molar-refractivity contribution in [2.45, 2.75) is 31.2 Å². The molecule has 3 aliphatic rings. The molecule has 28 heavy (non-hydrogen) atoms. The fourth-order valence-electron chi connectivity index (χ4n) is 5.17. The molecular weight excluding hydrogens is 371 g/mol. The molecule has 2 aromatic rings. The van der Waals surface area contributed by atoms with Gasteiger partial charge in [0.15, 0.2) is 0 Å². The molecule has 1 aliphatic carbocycles. The number of carbonyl (C=O) groups excluding carboxylic acids is 1. The van der Waals surface area contributed by atoms with E-state index in [9.17, 15) is 18.0 Å². The molecule has 2 bridgehead atoms. The van der Waals surface area contributed by atoms with Gasteiger partial charge in [0.05, 0.1) is 23.7 Å². The number of amides is 1. The number of rotatable bonds is 3. The number of hydrogen-bond donors (Lipinski definition) is 1. The topological polar surface area (TPSA) is 64.1 Å². The van der Waals surface area contributed by atoms with E-state index in [1.807, 2.05) is 0 Å². The first-order valence-electron chi connectivity index (χ1n) is 9.25. The molecule has 5 rings (SSSR count). The summed E-state index contributed by atoms with van der Waals surface area (Å²) in [4.78, 5) is 21.2. The summed E-state index contributed by atoms with van der Waals surface area (Å²) in [5.41, 5.74) is 0.168. The average Bonchev–Trinajstić information content (AvgIpc) is 3.03. The number of ether oxygens (including phenoxy) is 1. The van der Waals surface area contributed by atoms with Crippen LogP contribution in [-0.4, -0.2) is 28.1 Å². The van der Waals surface area contributed by atoms with Crippen LogP contribution in [0.4, 0.5) is 18.9 Å². The van der Waals surface area contributed by atoms with Gasteiger partial charge in [0, 0.05) is 24.0 Å². The van der Waals surface area contributed by atoms with Crippen LogP contribution in [0.15, 0.2) is 43.0 Å². The molecule has 7 atom stereocenters. The minimum absolute atomic E-state index is 0.0757. The van der Waals surface area contributed by atoms with Crippen molar-refractivity contribution in [2.75, 3.05) is 5.32 Å². The van der Waals surface area contributed by atoms with E-state index in [2.05, 4.69) is 22.2 Å². The van der Waals surface area contributed by atoms with Crippen molar-refractivity contribution in [1.29, 1.82) is 0 Å². The number of anilines is 1. The fraction of sp³-hybridized carbons (Fsp3) is 0.450. The van der Waals surface area contributed by atoms with Crippen LogP contribution in [0.2, 0.25) is 0 Å². The van der Waals surface area contributed by atoms with Crippen molar-refractivity contribution < 1.29 is 22.7 Å². The van der Waals surface area contributed by atoms with Gasteiger partial charge in [0.2, 0.25) is 5.91 Å². The largest absolute Gasteiger partial charge is 0.416 e. The monoisotopic (exact) mass is 389 g/mol. The average molecular weight is 389 g/mol. The van der Waals surface area contributed by atoms with Crippen LogP contribution in [0.3, 0.4) is 0 Å². The Labute approximate surface area is 159 Å². The molecule has 3 fully saturated rings. The van der Waals surface area contributed by atoms with Gasteiger partial charge in [0.1, 0.15) is 6.33 Å². The van der Waals surface area contributed by atoms with E-state index in [0.717, 1.165) is 17.7 Å². The Morgan fingerprint density at radius 1 is 1.14 bits per heavy atom. The first kappa shape index (κ1) is 17.6. The number of hydrogen-bond acceptors (Lipinski definition) is 4. The molecule has 1 N–H and O–H groups in total. The summed E-state index contributed by atoms with van der Waals surface area (Å²) >= 11 is 0. The Morgan fingerprint density at radius 3 is 2.57 bits per heavy atom. The Bertz CT molecular complexity index is 920. The van der Waals surface area contributed by atoms with Gasteiger partial charge in [-0.2, -0.15) is 13.2 Å². The molecule has 0 radical (unpaired) electrons. The summed E-state index contributed by atoms with van der Waals surface area (Å²) in [6, 6.07) is 4.69. The van der Waals surface area contributed by atoms with Gasteiger partial charge in [0.25, 0.3) is 0 Å². The van der Waals surface area contributed by atoms with Gasteiger partial charge in [-0.3, -0.25) is 4.79 Å². The maximum Gasteiger partial charge on any atom is 0.416 e. The molecule has 5 nitrogen and oxygen atoms in total. The van der Waals surface area contributed by atoms with E-state index >= 15 is 0 Å². The molecule has 8 heteroatoms. The van der Waals surface area contributed by atoms with Crippen molar-refractivity contribution in [3.8, 4) is 0 Å². The number of nitrogens with one attached hydrogen (secondary N) is 1. The molecule has 3 heterocycles. The van der Waals surface area contributed by atoms with Crippen molar-refractivity contribution in [1.82, 2.24) is 9.97 Å². The lowest BCUT2D eigenvalue weighted by atomic mass is 9.75. The minimum atomic E-state index is -4.46. The fourth-order valence-corrected chi connectivity index (χ4v) is 5.17. The zero-order valence-corrected chi connectivity index (χ0v) is 14.9. The predicted molar refractivity (Wildman–Crippen MR) is 93.1 cm³/mol. The van der Waals surface area contributed by atoms with Crippen LogP contribution < -0.4 is 5.32 Å². The molecule has 0 spiro atoms. The van der Waals surface area contributed by atoms with E-state index < -0.39 is 17.7 Å². The Kier molecular flexibility index (Phi) is 3.78. The second kappa shape index (κ2) is 6.01. The molecule has 1 saturated carbocycles. The van der Waals surface area contributed by atoms with Crippen LogP contribution in [0.1, 0.15) is 24.0 Å². The summed E-state index contributed by atoms with van der Waals surface area (Å²) in [6.45, 7) is 2.16. The number of aromatic nitrogens is 2. The lowest BCUT2D eigenvalue weighted by Gasteiger charge is -2.26. The van der Waals surface area contributed by atoms with Crippen molar-refractivity contribution in [3.05, 3.63) is 54.1 Å². The molecule has 1 amide bonds. The van der Waals surface area contributed by atoms with Gasteiger partial charge in [-0.15, -0.1) is 0 Å². The normalized spacial score (nSPS) is 35.5. The first-order chi connectivity index (χ1) is 13.4. The third-order valence-corrected chi connectivity index (χ3v) is 6.41. The summed E-state index contributed by atoms with van der Waals surface area (Å²) in [5, 5.41) is 2.68. The zero-order valence-electron chi connectivity index (χ0n) is 14.9. The SMILES string of the molecule is CC1C2C1[C@@H]1O[C@H]2[C@@H](C(=O)Nc2cccc(C(F)(F)F)c2)[C@H]1c1cncnc1. The lowest BCUT2D eigenvalue weighted by molar-refractivity contribution is -0.137. The highest BCUT2D eigenvalue weighted by atomic mass is 19.4. The molecule has 146 valence electrons. The number of benzene rings is 1. The number of carbonyl (C=O) groups is 1.